The maximum atomic E-state index is 11.6. The molecule has 1 aromatic heterocycles. The standard InChI is InChI=1S/C14H11ClN2O2/c15-11-5-6-16-12-7-9(1-2-10(11)12)8-17-13(18)3-4-14(17)19/h1-2,5-7H,3-4,8H2. The van der Waals surface area contributed by atoms with Crippen LogP contribution in [0.3, 0.4) is 0 Å². The lowest BCUT2D eigenvalue weighted by molar-refractivity contribution is -0.139. The van der Waals surface area contributed by atoms with Crippen LogP contribution in [0.1, 0.15) is 18.4 Å². The molecule has 1 saturated heterocycles. The van der Waals surface area contributed by atoms with Crippen molar-refractivity contribution >= 4 is 34.3 Å². The number of aromatic nitrogens is 1. The summed E-state index contributed by atoms with van der Waals surface area (Å²) in [5, 5.41) is 1.51. The summed E-state index contributed by atoms with van der Waals surface area (Å²) in [7, 11) is 0. The number of rotatable bonds is 2. The summed E-state index contributed by atoms with van der Waals surface area (Å²) in [6.07, 6.45) is 2.27. The zero-order valence-electron chi connectivity index (χ0n) is 10.1. The summed E-state index contributed by atoms with van der Waals surface area (Å²) in [6, 6.07) is 7.33. The van der Waals surface area contributed by atoms with E-state index in [9.17, 15) is 9.59 Å². The molecule has 4 nitrogen and oxygen atoms in total. The van der Waals surface area contributed by atoms with E-state index in [0.717, 1.165) is 16.5 Å². The lowest BCUT2D eigenvalue weighted by Gasteiger charge is -2.14. The molecule has 5 heteroatoms. The Hall–Kier alpha value is -1.94. The van der Waals surface area contributed by atoms with Crippen LogP contribution in [-0.2, 0) is 16.1 Å². The third-order valence-corrected chi connectivity index (χ3v) is 3.58. The number of hydrogen-bond acceptors (Lipinski definition) is 3. The minimum atomic E-state index is -0.107. The van der Waals surface area contributed by atoms with Gasteiger partial charge in [-0.1, -0.05) is 23.7 Å². The third kappa shape index (κ3) is 2.19. The normalized spacial score (nSPS) is 15.5. The number of fused-ring (bicyclic) bond motifs is 1. The first-order valence-corrected chi connectivity index (χ1v) is 6.39. The second kappa shape index (κ2) is 4.63. The van der Waals surface area contributed by atoms with Gasteiger partial charge in [0, 0.05) is 24.4 Å². The summed E-state index contributed by atoms with van der Waals surface area (Å²) < 4.78 is 0. The zero-order chi connectivity index (χ0) is 13.4. The number of likely N-dealkylation sites (tertiary alicyclic amines) is 1. The van der Waals surface area contributed by atoms with Gasteiger partial charge in [0.25, 0.3) is 0 Å². The van der Waals surface area contributed by atoms with Crippen LogP contribution < -0.4 is 0 Å². The molecule has 0 bridgehead atoms. The van der Waals surface area contributed by atoms with E-state index < -0.39 is 0 Å². The fraction of sp³-hybridized carbons (Fsp3) is 0.214. The van der Waals surface area contributed by atoms with Crippen molar-refractivity contribution in [3.8, 4) is 0 Å². The number of pyridine rings is 1. The van der Waals surface area contributed by atoms with E-state index in [0.29, 0.717) is 24.4 Å². The Morgan fingerprint density at radius 1 is 1.16 bits per heavy atom. The van der Waals surface area contributed by atoms with Crippen molar-refractivity contribution < 1.29 is 9.59 Å². The van der Waals surface area contributed by atoms with Gasteiger partial charge in [0.05, 0.1) is 17.1 Å². The predicted octanol–water partition coefficient (Wildman–Crippen LogP) is 2.54. The summed E-state index contributed by atoms with van der Waals surface area (Å²) in [4.78, 5) is 28.7. The van der Waals surface area contributed by atoms with E-state index in [2.05, 4.69) is 4.98 Å². The van der Waals surface area contributed by atoms with Crippen molar-refractivity contribution in [1.29, 1.82) is 0 Å². The number of benzene rings is 1. The van der Waals surface area contributed by atoms with E-state index in [1.54, 1.807) is 12.3 Å². The fourth-order valence-electron chi connectivity index (χ4n) is 2.24. The first kappa shape index (κ1) is 12.1. The van der Waals surface area contributed by atoms with E-state index in [-0.39, 0.29) is 11.8 Å². The van der Waals surface area contributed by atoms with Gasteiger partial charge in [0.2, 0.25) is 11.8 Å². The molecule has 1 aliphatic heterocycles. The highest BCUT2D eigenvalue weighted by Crippen LogP contribution is 2.23. The Morgan fingerprint density at radius 2 is 1.89 bits per heavy atom. The SMILES string of the molecule is O=C1CCC(=O)N1Cc1ccc2c(Cl)ccnc2c1. The molecule has 1 fully saturated rings. The van der Waals surface area contributed by atoms with E-state index in [1.165, 1.54) is 4.90 Å². The van der Waals surface area contributed by atoms with Crippen LogP contribution >= 0.6 is 11.6 Å². The number of amides is 2. The second-order valence-electron chi connectivity index (χ2n) is 4.52. The molecule has 96 valence electrons. The van der Waals surface area contributed by atoms with Crippen LogP contribution in [0.25, 0.3) is 10.9 Å². The van der Waals surface area contributed by atoms with Crippen LogP contribution in [0.2, 0.25) is 5.02 Å². The van der Waals surface area contributed by atoms with Crippen molar-refractivity contribution in [2.24, 2.45) is 0 Å². The van der Waals surface area contributed by atoms with Crippen molar-refractivity contribution in [2.75, 3.05) is 0 Å². The summed E-state index contributed by atoms with van der Waals surface area (Å²) in [5.41, 5.74) is 1.65. The molecule has 1 aromatic carbocycles. The van der Waals surface area contributed by atoms with Crippen molar-refractivity contribution in [2.45, 2.75) is 19.4 Å². The molecule has 1 aliphatic rings. The quantitative estimate of drug-likeness (QED) is 0.791. The first-order chi connectivity index (χ1) is 9.15. The van der Waals surface area contributed by atoms with Gasteiger partial charge < -0.3 is 0 Å². The summed E-state index contributed by atoms with van der Waals surface area (Å²) in [5.74, 6) is -0.215. The Bertz CT molecular complexity index is 668. The van der Waals surface area contributed by atoms with Crippen LogP contribution in [0, 0.1) is 0 Å². The van der Waals surface area contributed by atoms with Gasteiger partial charge in [-0.3, -0.25) is 19.5 Å². The molecule has 0 radical (unpaired) electrons. The van der Waals surface area contributed by atoms with Crippen LogP contribution in [0.15, 0.2) is 30.5 Å². The second-order valence-corrected chi connectivity index (χ2v) is 4.93. The van der Waals surface area contributed by atoms with Gasteiger partial charge in [-0.05, 0) is 17.7 Å². The van der Waals surface area contributed by atoms with Gasteiger partial charge in [0.1, 0.15) is 0 Å². The highest BCUT2D eigenvalue weighted by molar-refractivity contribution is 6.35. The Kier molecular flexibility index (Phi) is 2.95. The lowest BCUT2D eigenvalue weighted by Crippen LogP contribution is -2.28. The van der Waals surface area contributed by atoms with Crippen LogP contribution in [-0.4, -0.2) is 21.7 Å². The minimum Gasteiger partial charge on any atom is -0.278 e. The van der Waals surface area contributed by atoms with E-state index in [4.69, 9.17) is 11.6 Å². The molecule has 3 rings (SSSR count). The lowest BCUT2D eigenvalue weighted by atomic mass is 10.1. The molecular weight excluding hydrogens is 264 g/mol. The monoisotopic (exact) mass is 274 g/mol. The maximum absolute atomic E-state index is 11.6. The molecule has 2 heterocycles. The van der Waals surface area contributed by atoms with Crippen molar-refractivity contribution in [3.05, 3.63) is 41.0 Å². The van der Waals surface area contributed by atoms with Crippen LogP contribution in [0.4, 0.5) is 0 Å². The highest BCUT2D eigenvalue weighted by Gasteiger charge is 2.28. The molecular formula is C14H11ClN2O2. The Labute approximate surface area is 115 Å². The van der Waals surface area contributed by atoms with Crippen molar-refractivity contribution in [3.63, 3.8) is 0 Å². The van der Waals surface area contributed by atoms with Gasteiger partial charge in [-0.25, -0.2) is 0 Å². The minimum absolute atomic E-state index is 0.107. The molecule has 2 aromatic rings. The molecule has 0 atom stereocenters. The molecule has 2 amide bonds. The highest BCUT2D eigenvalue weighted by atomic mass is 35.5. The smallest absolute Gasteiger partial charge is 0.229 e. The average Bonchev–Trinajstić information content (AvgIpc) is 2.71. The van der Waals surface area contributed by atoms with Crippen molar-refractivity contribution in [1.82, 2.24) is 9.88 Å². The Balaban J connectivity index is 1.94. The van der Waals surface area contributed by atoms with E-state index in [1.807, 2.05) is 18.2 Å². The molecule has 0 N–H and O–H groups in total. The molecule has 0 unspecified atom stereocenters. The van der Waals surface area contributed by atoms with Gasteiger partial charge >= 0.3 is 0 Å². The van der Waals surface area contributed by atoms with E-state index >= 15 is 0 Å². The number of carbonyl (C=O) groups is 2. The number of halogens is 1. The van der Waals surface area contributed by atoms with Gasteiger partial charge in [0.15, 0.2) is 0 Å². The third-order valence-electron chi connectivity index (χ3n) is 3.25. The largest absolute Gasteiger partial charge is 0.278 e. The van der Waals surface area contributed by atoms with Gasteiger partial charge in [-0.2, -0.15) is 0 Å². The summed E-state index contributed by atoms with van der Waals surface area (Å²) in [6.45, 7) is 0.307. The number of nitrogens with zero attached hydrogens (tertiary/aromatic N) is 2. The zero-order valence-corrected chi connectivity index (χ0v) is 10.9. The average molecular weight is 275 g/mol. The number of carbonyl (C=O) groups excluding carboxylic acids is 2. The molecule has 0 saturated carbocycles. The topological polar surface area (TPSA) is 50.3 Å². The number of hydrogen-bond donors (Lipinski definition) is 0. The first-order valence-electron chi connectivity index (χ1n) is 6.01. The summed E-state index contributed by atoms with van der Waals surface area (Å²) >= 11 is 6.07. The predicted molar refractivity (Wildman–Crippen MR) is 71.5 cm³/mol. The maximum Gasteiger partial charge on any atom is 0.229 e. The molecule has 0 aliphatic carbocycles. The number of imide groups is 1. The Morgan fingerprint density at radius 3 is 2.63 bits per heavy atom. The molecule has 0 spiro atoms. The van der Waals surface area contributed by atoms with Crippen LogP contribution in [0.5, 0.6) is 0 Å². The molecule has 19 heavy (non-hydrogen) atoms. The fourth-order valence-corrected chi connectivity index (χ4v) is 2.46. The van der Waals surface area contributed by atoms with Gasteiger partial charge in [-0.15, -0.1) is 0 Å².